The van der Waals surface area contributed by atoms with Gasteiger partial charge in [0.2, 0.25) is 5.91 Å². The van der Waals surface area contributed by atoms with Gasteiger partial charge in [-0.05, 0) is 28.9 Å². The van der Waals surface area contributed by atoms with E-state index >= 15 is 0 Å². The van der Waals surface area contributed by atoms with Gasteiger partial charge < -0.3 is 10.6 Å². The summed E-state index contributed by atoms with van der Waals surface area (Å²) in [6, 6.07) is 0. The molecule has 4 nitrogen and oxygen atoms in total. The fourth-order valence-corrected chi connectivity index (χ4v) is 2.89. The van der Waals surface area contributed by atoms with E-state index in [0.29, 0.717) is 3.79 Å². The zero-order chi connectivity index (χ0) is 13.4. The van der Waals surface area contributed by atoms with Crippen LogP contribution in [-0.4, -0.2) is 30.2 Å². The van der Waals surface area contributed by atoms with Crippen molar-refractivity contribution in [2.45, 2.75) is 12.6 Å². The molecule has 1 fully saturated rings. The molecule has 1 saturated heterocycles. The molecular weight excluding hydrogens is 335 g/mol. The first-order valence-electron chi connectivity index (χ1n) is 5.05. The van der Waals surface area contributed by atoms with Gasteiger partial charge in [-0.25, -0.2) is 4.98 Å². The molecule has 1 unspecified atom stereocenters. The summed E-state index contributed by atoms with van der Waals surface area (Å²) in [6.45, 7) is -0.219. The van der Waals surface area contributed by atoms with E-state index in [0.717, 1.165) is 11.3 Å². The van der Waals surface area contributed by atoms with E-state index < -0.39 is 24.0 Å². The number of hydrogen-bond acceptors (Lipinski definition) is 4. The van der Waals surface area contributed by atoms with Crippen molar-refractivity contribution in [3.05, 3.63) is 9.98 Å². The zero-order valence-electron chi connectivity index (χ0n) is 8.97. The van der Waals surface area contributed by atoms with Gasteiger partial charge in [0, 0.05) is 6.54 Å². The normalized spacial score (nSPS) is 24.2. The summed E-state index contributed by atoms with van der Waals surface area (Å²) in [5.74, 6) is -1.05. The lowest BCUT2D eigenvalue weighted by Crippen LogP contribution is -2.49. The predicted molar refractivity (Wildman–Crippen MR) is 64.4 cm³/mol. The number of halogens is 4. The van der Waals surface area contributed by atoms with Crippen LogP contribution in [-0.2, 0) is 4.79 Å². The lowest BCUT2D eigenvalue weighted by Gasteiger charge is -2.28. The Labute approximate surface area is 113 Å². The molecule has 1 aromatic heterocycles. The van der Waals surface area contributed by atoms with Gasteiger partial charge in [-0.3, -0.25) is 4.79 Å². The van der Waals surface area contributed by atoms with Crippen LogP contribution in [0.3, 0.4) is 0 Å². The molecule has 1 aliphatic rings. The Balaban J connectivity index is 2.20. The van der Waals surface area contributed by atoms with E-state index in [1.165, 1.54) is 6.20 Å². The molecule has 0 aromatic carbocycles. The molecule has 100 valence electrons. The molecule has 1 aromatic rings. The van der Waals surface area contributed by atoms with Crippen molar-refractivity contribution in [2.24, 2.45) is 5.41 Å². The second-order valence-corrected chi connectivity index (χ2v) is 6.34. The first kappa shape index (κ1) is 13.8. The Hall–Kier alpha value is -0.670. The average molecular weight is 344 g/mol. The summed E-state index contributed by atoms with van der Waals surface area (Å²) in [4.78, 5) is 15.7. The average Bonchev–Trinajstić information content (AvgIpc) is 2.86. The first-order chi connectivity index (χ1) is 8.35. The quantitative estimate of drug-likeness (QED) is 0.866. The third-order valence-electron chi connectivity index (χ3n) is 2.83. The lowest BCUT2D eigenvalue weighted by molar-refractivity contribution is -0.213. The first-order valence-corrected chi connectivity index (χ1v) is 6.66. The molecule has 1 aliphatic heterocycles. The largest absolute Gasteiger partial charge is 0.404 e. The minimum absolute atomic E-state index is 0.155. The maximum atomic E-state index is 13.0. The van der Waals surface area contributed by atoms with Crippen LogP contribution in [0.2, 0.25) is 0 Å². The number of thiazole rings is 1. The number of nitrogens with one attached hydrogen (secondary N) is 2. The Morgan fingerprint density at radius 2 is 2.33 bits per heavy atom. The molecule has 1 atom stereocenters. The topological polar surface area (TPSA) is 54.0 Å². The van der Waals surface area contributed by atoms with Gasteiger partial charge >= 0.3 is 6.18 Å². The number of carbonyl (C=O) groups excluding carboxylic acids is 1. The predicted octanol–water partition coefficient (Wildman–Crippen LogP) is 2.39. The maximum Gasteiger partial charge on any atom is 0.404 e. The van der Waals surface area contributed by atoms with Crippen LogP contribution >= 0.6 is 27.3 Å². The fourth-order valence-electron chi connectivity index (χ4n) is 1.79. The van der Waals surface area contributed by atoms with Gasteiger partial charge in [0.15, 0.2) is 10.5 Å². The van der Waals surface area contributed by atoms with Crippen molar-refractivity contribution in [3.63, 3.8) is 0 Å². The number of alkyl halides is 3. The van der Waals surface area contributed by atoms with E-state index in [4.69, 9.17) is 0 Å². The van der Waals surface area contributed by atoms with Crippen LogP contribution in [0.15, 0.2) is 9.98 Å². The van der Waals surface area contributed by atoms with Crippen LogP contribution < -0.4 is 10.6 Å². The lowest BCUT2D eigenvalue weighted by atomic mass is 9.85. The van der Waals surface area contributed by atoms with Crippen molar-refractivity contribution >= 4 is 38.3 Å². The van der Waals surface area contributed by atoms with E-state index in [1.54, 1.807) is 0 Å². The van der Waals surface area contributed by atoms with Gasteiger partial charge in [-0.15, -0.1) is 0 Å². The monoisotopic (exact) mass is 343 g/mol. The van der Waals surface area contributed by atoms with Gasteiger partial charge in [0.1, 0.15) is 0 Å². The number of amides is 1. The number of rotatable bonds is 2. The minimum Gasteiger partial charge on any atom is -0.315 e. The highest BCUT2D eigenvalue weighted by Crippen LogP contribution is 2.44. The molecule has 1 amide bonds. The molecule has 2 heterocycles. The molecule has 0 spiro atoms. The van der Waals surface area contributed by atoms with E-state index in [9.17, 15) is 18.0 Å². The van der Waals surface area contributed by atoms with Gasteiger partial charge in [0.25, 0.3) is 0 Å². The summed E-state index contributed by atoms with van der Waals surface area (Å²) in [5, 5.41) is 4.97. The molecule has 0 aliphatic carbocycles. The standard InChI is InChI=1S/C9H9BrF3N3OS/c10-5-3-15-7(18-5)16-6(17)8(9(11,12)13)1-2-14-4-8/h3,14H,1-2,4H2,(H,15,16,17). The molecule has 0 saturated carbocycles. The minimum atomic E-state index is -4.57. The van der Waals surface area contributed by atoms with Crippen molar-refractivity contribution in [2.75, 3.05) is 18.4 Å². The molecule has 2 rings (SSSR count). The molecular formula is C9H9BrF3N3OS. The molecule has 0 bridgehead atoms. The summed E-state index contributed by atoms with van der Waals surface area (Å²) in [7, 11) is 0. The summed E-state index contributed by atoms with van der Waals surface area (Å²) < 4.78 is 39.8. The highest BCUT2D eigenvalue weighted by Gasteiger charge is 2.61. The van der Waals surface area contributed by atoms with Crippen molar-refractivity contribution in [3.8, 4) is 0 Å². The molecule has 0 radical (unpaired) electrons. The van der Waals surface area contributed by atoms with Crippen LogP contribution in [0.5, 0.6) is 0 Å². The summed E-state index contributed by atoms with van der Waals surface area (Å²) >= 11 is 4.20. The zero-order valence-corrected chi connectivity index (χ0v) is 11.4. The SMILES string of the molecule is O=C(Nc1ncc(Br)s1)C1(C(F)(F)F)CCNC1. The molecule has 9 heteroatoms. The highest BCUT2D eigenvalue weighted by molar-refractivity contribution is 9.11. The van der Waals surface area contributed by atoms with Crippen LogP contribution in [0.4, 0.5) is 18.3 Å². The van der Waals surface area contributed by atoms with Crippen molar-refractivity contribution in [1.82, 2.24) is 10.3 Å². The Kier molecular flexibility index (Phi) is 3.65. The number of nitrogens with zero attached hydrogens (tertiary/aromatic N) is 1. The number of anilines is 1. The van der Waals surface area contributed by atoms with Crippen LogP contribution in [0.1, 0.15) is 6.42 Å². The summed E-state index contributed by atoms with van der Waals surface area (Å²) in [6.07, 6.45) is -3.41. The number of hydrogen-bond donors (Lipinski definition) is 2. The van der Waals surface area contributed by atoms with Crippen LogP contribution in [0.25, 0.3) is 0 Å². The van der Waals surface area contributed by atoms with Crippen molar-refractivity contribution in [1.29, 1.82) is 0 Å². The molecule has 2 N–H and O–H groups in total. The van der Waals surface area contributed by atoms with Gasteiger partial charge in [0.05, 0.1) is 9.98 Å². The number of aromatic nitrogens is 1. The van der Waals surface area contributed by atoms with Crippen molar-refractivity contribution < 1.29 is 18.0 Å². The van der Waals surface area contributed by atoms with Gasteiger partial charge in [-0.2, -0.15) is 13.2 Å². The number of carbonyl (C=O) groups is 1. The van der Waals surface area contributed by atoms with E-state index in [1.807, 2.05) is 0 Å². The third-order valence-corrected chi connectivity index (χ3v) is 4.22. The smallest absolute Gasteiger partial charge is 0.315 e. The van der Waals surface area contributed by atoms with Gasteiger partial charge in [-0.1, -0.05) is 11.3 Å². The Morgan fingerprint density at radius 1 is 1.61 bits per heavy atom. The Bertz CT molecular complexity index is 456. The second kappa shape index (κ2) is 4.78. The van der Waals surface area contributed by atoms with E-state index in [-0.39, 0.29) is 18.1 Å². The van der Waals surface area contributed by atoms with Crippen LogP contribution in [0, 0.1) is 5.41 Å². The maximum absolute atomic E-state index is 13.0. The Morgan fingerprint density at radius 3 is 2.78 bits per heavy atom. The molecule has 18 heavy (non-hydrogen) atoms. The third kappa shape index (κ3) is 2.39. The highest BCUT2D eigenvalue weighted by atomic mass is 79.9. The second-order valence-electron chi connectivity index (χ2n) is 3.93. The fraction of sp³-hybridized carbons (Fsp3) is 0.556. The summed E-state index contributed by atoms with van der Waals surface area (Å²) in [5.41, 5.74) is -2.36. The van der Waals surface area contributed by atoms with E-state index in [2.05, 4.69) is 31.5 Å².